The van der Waals surface area contributed by atoms with Gasteiger partial charge in [-0.3, -0.25) is 9.69 Å². The fourth-order valence-corrected chi connectivity index (χ4v) is 2.48. The van der Waals surface area contributed by atoms with Crippen molar-refractivity contribution in [3.05, 3.63) is 40.9 Å². The maximum absolute atomic E-state index is 10.6. The van der Waals surface area contributed by atoms with Gasteiger partial charge in [-0.1, -0.05) is 17.7 Å². The Hall–Kier alpha value is -1.92. The summed E-state index contributed by atoms with van der Waals surface area (Å²) < 4.78 is 0. The Morgan fingerprint density at radius 1 is 1.40 bits per heavy atom. The monoisotopic (exact) mass is 291 g/mol. The Labute approximate surface area is 121 Å². The van der Waals surface area contributed by atoms with Gasteiger partial charge in [0.1, 0.15) is 0 Å². The first-order valence-corrected chi connectivity index (χ1v) is 7.09. The summed E-state index contributed by atoms with van der Waals surface area (Å²) in [6, 6.07) is 8.09. The number of hydrogen-bond donors (Lipinski definition) is 2. The van der Waals surface area contributed by atoms with Gasteiger partial charge in [-0.25, -0.2) is 4.98 Å². The number of likely N-dealkylation sites (N-methyl/N-ethyl adjacent to an activating group) is 1. The molecule has 20 heavy (non-hydrogen) atoms. The van der Waals surface area contributed by atoms with Crippen molar-refractivity contribution in [3.8, 4) is 0 Å². The van der Waals surface area contributed by atoms with E-state index >= 15 is 0 Å². The average molecular weight is 291 g/mol. The molecule has 0 radical (unpaired) electrons. The van der Waals surface area contributed by atoms with Gasteiger partial charge in [-0.15, -0.1) is 11.3 Å². The van der Waals surface area contributed by atoms with Gasteiger partial charge in [0, 0.05) is 17.6 Å². The van der Waals surface area contributed by atoms with Crippen molar-refractivity contribution in [1.82, 2.24) is 9.88 Å². The molecule has 1 aromatic carbocycles. The lowest BCUT2D eigenvalue weighted by molar-refractivity contribution is -0.138. The van der Waals surface area contributed by atoms with Crippen molar-refractivity contribution in [1.29, 1.82) is 0 Å². The highest BCUT2D eigenvalue weighted by Crippen LogP contribution is 2.21. The minimum Gasteiger partial charge on any atom is -0.480 e. The first-order chi connectivity index (χ1) is 9.52. The third-order valence-electron chi connectivity index (χ3n) is 2.69. The molecule has 1 heterocycles. The lowest BCUT2D eigenvalue weighted by Crippen LogP contribution is -2.25. The van der Waals surface area contributed by atoms with E-state index < -0.39 is 5.97 Å². The van der Waals surface area contributed by atoms with Crippen LogP contribution in [0.3, 0.4) is 0 Å². The van der Waals surface area contributed by atoms with Gasteiger partial charge >= 0.3 is 5.97 Å². The average Bonchev–Trinajstić information content (AvgIpc) is 2.78. The minimum absolute atomic E-state index is 0.0122. The zero-order valence-electron chi connectivity index (χ0n) is 11.5. The third kappa shape index (κ3) is 4.32. The van der Waals surface area contributed by atoms with Crippen LogP contribution in [0.15, 0.2) is 29.6 Å². The molecule has 2 rings (SSSR count). The van der Waals surface area contributed by atoms with E-state index in [1.807, 2.05) is 36.6 Å². The predicted molar refractivity (Wildman–Crippen MR) is 80.5 cm³/mol. The van der Waals surface area contributed by atoms with Crippen LogP contribution in [0, 0.1) is 6.92 Å². The number of nitrogens with zero attached hydrogens (tertiary/aromatic N) is 2. The highest BCUT2D eigenvalue weighted by molar-refractivity contribution is 7.13. The fourth-order valence-electron chi connectivity index (χ4n) is 1.76. The van der Waals surface area contributed by atoms with Crippen LogP contribution in [-0.4, -0.2) is 34.6 Å². The minimum atomic E-state index is -0.833. The van der Waals surface area contributed by atoms with Crippen LogP contribution in [0.1, 0.15) is 11.3 Å². The Morgan fingerprint density at radius 2 is 2.10 bits per heavy atom. The summed E-state index contributed by atoms with van der Waals surface area (Å²) in [7, 11) is 1.76. The van der Waals surface area contributed by atoms with Gasteiger partial charge in [0.2, 0.25) is 0 Å². The highest BCUT2D eigenvalue weighted by atomic mass is 32.1. The molecule has 5 nitrogen and oxygen atoms in total. The van der Waals surface area contributed by atoms with Gasteiger partial charge < -0.3 is 10.4 Å². The molecule has 2 aromatic rings. The first kappa shape index (κ1) is 14.5. The number of nitrogens with one attached hydrogen (secondary N) is 1. The molecule has 0 aliphatic carbocycles. The Morgan fingerprint density at radius 3 is 2.75 bits per heavy atom. The molecule has 1 aromatic heterocycles. The van der Waals surface area contributed by atoms with Gasteiger partial charge in [-0.2, -0.15) is 0 Å². The molecular weight excluding hydrogens is 274 g/mol. The van der Waals surface area contributed by atoms with Crippen molar-refractivity contribution in [2.24, 2.45) is 0 Å². The van der Waals surface area contributed by atoms with Crippen molar-refractivity contribution in [2.75, 3.05) is 18.9 Å². The number of anilines is 2. The summed E-state index contributed by atoms with van der Waals surface area (Å²) in [6.45, 7) is 2.58. The van der Waals surface area contributed by atoms with Gasteiger partial charge in [0.25, 0.3) is 0 Å². The van der Waals surface area contributed by atoms with Crippen LogP contribution < -0.4 is 5.32 Å². The molecular formula is C14H17N3O2S. The summed E-state index contributed by atoms with van der Waals surface area (Å²) in [6.07, 6.45) is 0. The molecule has 0 atom stereocenters. The SMILES string of the molecule is Cc1ccc(Nc2nc(CN(C)CC(=O)O)cs2)cc1. The van der Waals surface area contributed by atoms with E-state index in [9.17, 15) is 4.79 Å². The maximum atomic E-state index is 10.6. The lowest BCUT2D eigenvalue weighted by atomic mass is 10.2. The topological polar surface area (TPSA) is 65.5 Å². The third-order valence-corrected chi connectivity index (χ3v) is 3.50. The number of aromatic nitrogens is 1. The molecule has 0 spiro atoms. The summed E-state index contributed by atoms with van der Waals surface area (Å²) >= 11 is 1.51. The standard InChI is InChI=1S/C14H17N3O2S/c1-10-3-5-11(6-4-10)15-14-16-12(9-20-14)7-17(2)8-13(18)19/h3-6,9H,7-8H2,1-2H3,(H,15,16)(H,18,19). The molecule has 106 valence electrons. The molecule has 0 bridgehead atoms. The molecule has 0 unspecified atom stereocenters. The van der Waals surface area contributed by atoms with Gasteiger partial charge in [0.05, 0.1) is 12.2 Å². The van der Waals surface area contributed by atoms with E-state index in [1.54, 1.807) is 11.9 Å². The van der Waals surface area contributed by atoms with Crippen LogP contribution in [0.2, 0.25) is 0 Å². The number of benzene rings is 1. The van der Waals surface area contributed by atoms with Crippen molar-refractivity contribution < 1.29 is 9.90 Å². The van der Waals surface area contributed by atoms with Gasteiger partial charge in [0.15, 0.2) is 5.13 Å². The number of carboxylic acid groups (broad SMARTS) is 1. The second kappa shape index (κ2) is 6.49. The van der Waals surface area contributed by atoms with Crippen molar-refractivity contribution >= 4 is 28.1 Å². The predicted octanol–water partition coefficient (Wildman–Crippen LogP) is 2.71. The smallest absolute Gasteiger partial charge is 0.317 e. The summed E-state index contributed by atoms with van der Waals surface area (Å²) in [5.41, 5.74) is 3.08. The zero-order valence-corrected chi connectivity index (χ0v) is 12.3. The number of carboxylic acids is 1. The van der Waals surface area contributed by atoms with E-state index in [0.717, 1.165) is 16.5 Å². The van der Waals surface area contributed by atoms with E-state index in [2.05, 4.69) is 10.3 Å². The van der Waals surface area contributed by atoms with Crippen LogP contribution in [0.5, 0.6) is 0 Å². The maximum Gasteiger partial charge on any atom is 0.317 e. The highest BCUT2D eigenvalue weighted by Gasteiger charge is 2.08. The summed E-state index contributed by atoms with van der Waals surface area (Å²) in [4.78, 5) is 16.8. The van der Waals surface area contributed by atoms with Crippen LogP contribution in [-0.2, 0) is 11.3 Å². The molecule has 6 heteroatoms. The number of carbonyl (C=O) groups is 1. The molecule has 0 aliphatic heterocycles. The Balaban J connectivity index is 1.95. The van der Waals surface area contributed by atoms with E-state index in [-0.39, 0.29) is 6.54 Å². The van der Waals surface area contributed by atoms with Crippen LogP contribution in [0.4, 0.5) is 10.8 Å². The molecule has 0 saturated heterocycles. The molecule has 0 saturated carbocycles. The molecule has 0 fully saturated rings. The van der Waals surface area contributed by atoms with E-state index in [1.165, 1.54) is 16.9 Å². The Bertz CT molecular complexity index is 580. The van der Waals surface area contributed by atoms with E-state index in [4.69, 9.17) is 5.11 Å². The second-order valence-corrected chi connectivity index (χ2v) is 5.56. The van der Waals surface area contributed by atoms with Crippen LogP contribution >= 0.6 is 11.3 Å². The van der Waals surface area contributed by atoms with E-state index in [0.29, 0.717) is 6.54 Å². The van der Waals surface area contributed by atoms with Crippen molar-refractivity contribution in [2.45, 2.75) is 13.5 Å². The largest absolute Gasteiger partial charge is 0.480 e. The molecule has 0 amide bonds. The summed E-state index contributed by atoms with van der Waals surface area (Å²) in [5, 5.41) is 14.7. The van der Waals surface area contributed by atoms with Crippen LogP contribution in [0.25, 0.3) is 0 Å². The van der Waals surface area contributed by atoms with Crippen molar-refractivity contribution in [3.63, 3.8) is 0 Å². The second-order valence-electron chi connectivity index (χ2n) is 4.70. The fraction of sp³-hybridized carbons (Fsp3) is 0.286. The zero-order chi connectivity index (χ0) is 14.5. The number of aryl methyl sites for hydroxylation is 1. The lowest BCUT2D eigenvalue weighted by Gasteiger charge is -2.11. The Kier molecular flexibility index (Phi) is 4.70. The first-order valence-electron chi connectivity index (χ1n) is 6.21. The number of rotatable bonds is 6. The number of aliphatic carboxylic acids is 1. The quantitative estimate of drug-likeness (QED) is 0.856. The molecule has 0 aliphatic rings. The number of thiazole rings is 1. The molecule has 2 N–H and O–H groups in total. The number of hydrogen-bond acceptors (Lipinski definition) is 5. The summed E-state index contributed by atoms with van der Waals surface area (Å²) in [5.74, 6) is -0.833. The normalized spacial score (nSPS) is 10.8. The van der Waals surface area contributed by atoms with Gasteiger partial charge in [-0.05, 0) is 26.1 Å².